The van der Waals surface area contributed by atoms with Gasteiger partial charge in [-0.05, 0) is 56.2 Å². The number of hydrogen-bond donors (Lipinski definition) is 0. The van der Waals surface area contributed by atoms with E-state index in [0.29, 0.717) is 18.1 Å². The smallest absolute Gasteiger partial charge is 0.0582 e. The van der Waals surface area contributed by atoms with Gasteiger partial charge in [-0.1, -0.05) is 44.0 Å². The summed E-state index contributed by atoms with van der Waals surface area (Å²) >= 11 is 7.12. The minimum Gasteiger partial charge on any atom is -0.375 e. The maximum Gasteiger partial charge on any atom is 0.0582 e. The standard InChI is InChI=1S/C15H20Br2O/c1-11-2-7-15(18-11)9-13(10-16)8-12-3-5-14(17)6-4-12/h3-6,11,13,15H,2,7-10H2,1H3. The summed E-state index contributed by atoms with van der Waals surface area (Å²) in [7, 11) is 0. The highest BCUT2D eigenvalue weighted by atomic mass is 79.9. The van der Waals surface area contributed by atoms with Gasteiger partial charge < -0.3 is 4.74 Å². The maximum absolute atomic E-state index is 5.92. The number of benzene rings is 1. The molecule has 18 heavy (non-hydrogen) atoms. The average Bonchev–Trinajstić information content (AvgIpc) is 2.77. The Balaban J connectivity index is 1.87. The van der Waals surface area contributed by atoms with Crippen LogP contribution in [0.5, 0.6) is 0 Å². The molecule has 1 heterocycles. The van der Waals surface area contributed by atoms with Crippen molar-refractivity contribution in [1.29, 1.82) is 0 Å². The Morgan fingerprint density at radius 3 is 2.56 bits per heavy atom. The highest BCUT2D eigenvalue weighted by Gasteiger charge is 2.24. The van der Waals surface area contributed by atoms with E-state index in [1.165, 1.54) is 24.8 Å². The van der Waals surface area contributed by atoms with Gasteiger partial charge in [-0.25, -0.2) is 0 Å². The van der Waals surface area contributed by atoms with Crippen LogP contribution in [0, 0.1) is 5.92 Å². The second-order valence-corrected chi connectivity index (χ2v) is 6.80. The zero-order valence-corrected chi connectivity index (χ0v) is 13.9. The molecule has 100 valence electrons. The van der Waals surface area contributed by atoms with E-state index in [2.05, 4.69) is 63.0 Å². The van der Waals surface area contributed by atoms with Crippen molar-refractivity contribution < 1.29 is 4.74 Å². The van der Waals surface area contributed by atoms with Crippen molar-refractivity contribution in [3.05, 3.63) is 34.3 Å². The van der Waals surface area contributed by atoms with Gasteiger partial charge in [-0.15, -0.1) is 0 Å². The largest absolute Gasteiger partial charge is 0.375 e. The van der Waals surface area contributed by atoms with Crippen molar-refractivity contribution in [3.63, 3.8) is 0 Å². The maximum atomic E-state index is 5.92. The van der Waals surface area contributed by atoms with Crippen molar-refractivity contribution in [3.8, 4) is 0 Å². The molecule has 0 radical (unpaired) electrons. The van der Waals surface area contributed by atoms with Gasteiger partial charge in [0, 0.05) is 9.80 Å². The first kappa shape index (κ1) is 14.5. The Morgan fingerprint density at radius 2 is 2.00 bits per heavy atom. The topological polar surface area (TPSA) is 9.23 Å². The summed E-state index contributed by atoms with van der Waals surface area (Å²) in [6.07, 6.45) is 5.68. The Labute approximate surface area is 127 Å². The van der Waals surface area contributed by atoms with E-state index in [1.54, 1.807) is 0 Å². The molecule has 1 aliphatic heterocycles. The highest BCUT2D eigenvalue weighted by Crippen LogP contribution is 2.27. The van der Waals surface area contributed by atoms with Crippen LogP contribution in [0.4, 0.5) is 0 Å². The summed E-state index contributed by atoms with van der Waals surface area (Å²) in [5, 5.41) is 1.05. The van der Waals surface area contributed by atoms with E-state index < -0.39 is 0 Å². The Kier molecular flexibility index (Phi) is 5.71. The molecular formula is C15H20Br2O. The van der Waals surface area contributed by atoms with Crippen LogP contribution in [-0.4, -0.2) is 17.5 Å². The molecule has 1 nitrogen and oxygen atoms in total. The van der Waals surface area contributed by atoms with Crippen molar-refractivity contribution in [2.24, 2.45) is 5.92 Å². The van der Waals surface area contributed by atoms with Crippen molar-refractivity contribution in [1.82, 2.24) is 0 Å². The van der Waals surface area contributed by atoms with Crippen LogP contribution in [0.25, 0.3) is 0 Å². The molecule has 0 spiro atoms. The van der Waals surface area contributed by atoms with Crippen LogP contribution in [-0.2, 0) is 11.2 Å². The summed E-state index contributed by atoms with van der Waals surface area (Å²) < 4.78 is 7.07. The van der Waals surface area contributed by atoms with Crippen LogP contribution in [0.2, 0.25) is 0 Å². The molecule has 1 saturated heterocycles. The molecule has 2 rings (SSSR count). The van der Waals surface area contributed by atoms with Crippen molar-refractivity contribution in [2.75, 3.05) is 5.33 Å². The first-order valence-corrected chi connectivity index (χ1v) is 8.54. The molecular weight excluding hydrogens is 356 g/mol. The zero-order chi connectivity index (χ0) is 13.0. The average molecular weight is 376 g/mol. The Morgan fingerprint density at radius 1 is 1.28 bits per heavy atom. The Hall–Kier alpha value is 0.140. The third-order valence-electron chi connectivity index (χ3n) is 3.57. The van der Waals surface area contributed by atoms with Crippen LogP contribution >= 0.6 is 31.9 Å². The fourth-order valence-electron chi connectivity index (χ4n) is 2.59. The first-order valence-electron chi connectivity index (χ1n) is 6.63. The molecule has 0 aromatic heterocycles. The van der Waals surface area contributed by atoms with E-state index in [9.17, 15) is 0 Å². The van der Waals surface area contributed by atoms with E-state index in [0.717, 1.165) is 16.2 Å². The van der Waals surface area contributed by atoms with Gasteiger partial charge in [-0.3, -0.25) is 0 Å². The monoisotopic (exact) mass is 374 g/mol. The molecule has 3 unspecified atom stereocenters. The summed E-state index contributed by atoms with van der Waals surface area (Å²) in [5.41, 5.74) is 1.41. The highest BCUT2D eigenvalue weighted by molar-refractivity contribution is 9.10. The van der Waals surface area contributed by atoms with E-state index >= 15 is 0 Å². The van der Waals surface area contributed by atoms with Crippen molar-refractivity contribution in [2.45, 2.75) is 44.8 Å². The van der Waals surface area contributed by atoms with E-state index in [-0.39, 0.29) is 0 Å². The molecule has 1 aromatic rings. The van der Waals surface area contributed by atoms with Crippen LogP contribution in [0.3, 0.4) is 0 Å². The predicted octanol–water partition coefficient (Wildman–Crippen LogP) is 4.96. The lowest BCUT2D eigenvalue weighted by Crippen LogP contribution is -2.17. The first-order chi connectivity index (χ1) is 8.67. The quantitative estimate of drug-likeness (QED) is 0.661. The van der Waals surface area contributed by atoms with Crippen LogP contribution in [0.1, 0.15) is 31.7 Å². The lowest BCUT2D eigenvalue weighted by Gasteiger charge is -2.19. The molecule has 0 saturated carbocycles. The van der Waals surface area contributed by atoms with Gasteiger partial charge in [0.15, 0.2) is 0 Å². The molecule has 0 bridgehead atoms. The molecule has 0 amide bonds. The number of alkyl halides is 1. The van der Waals surface area contributed by atoms with Crippen molar-refractivity contribution >= 4 is 31.9 Å². The third-order valence-corrected chi connectivity index (χ3v) is 5.02. The second-order valence-electron chi connectivity index (χ2n) is 5.23. The van der Waals surface area contributed by atoms with Gasteiger partial charge in [0.1, 0.15) is 0 Å². The molecule has 1 fully saturated rings. The molecule has 0 N–H and O–H groups in total. The molecule has 1 aromatic carbocycles. The van der Waals surface area contributed by atoms with Gasteiger partial charge in [0.2, 0.25) is 0 Å². The summed E-state index contributed by atoms with van der Waals surface area (Å²) in [6, 6.07) is 8.65. The fraction of sp³-hybridized carbons (Fsp3) is 0.600. The minimum atomic E-state index is 0.457. The van der Waals surface area contributed by atoms with E-state index in [4.69, 9.17) is 4.74 Å². The number of hydrogen-bond acceptors (Lipinski definition) is 1. The minimum absolute atomic E-state index is 0.457. The normalized spacial score (nSPS) is 25.3. The van der Waals surface area contributed by atoms with Crippen LogP contribution < -0.4 is 0 Å². The summed E-state index contributed by atoms with van der Waals surface area (Å²) in [4.78, 5) is 0. The SMILES string of the molecule is CC1CCC(CC(CBr)Cc2ccc(Br)cc2)O1. The zero-order valence-electron chi connectivity index (χ0n) is 10.7. The molecule has 3 heteroatoms. The third kappa shape index (κ3) is 4.36. The lowest BCUT2D eigenvalue weighted by molar-refractivity contribution is 0.0428. The van der Waals surface area contributed by atoms with Gasteiger partial charge in [-0.2, -0.15) is 0 Å². The number of ether oxygens (including phenoxy) is 1. The van der Waals surface area contributed by atoms with Crippen LogP contribution in [0.15, 0.2) is 28.7 Å². The molecule has 0 aliphatic carbocycles. The number of rotatable bonds is 5. The fourth-order valence-corrected chi connectivity index (χ4v) is 3.34. The molecule has 3 atom stereocenters. The molecule has 1 aliphatic rings. The van der Waals surface area contributed by atoms with Gasteiger partial charge in [0.05, 0.1) is 12.2 Å². The second kappa shape index (κ2) is 7.06. The summed E-state index contributed by atoms with van der Waals surface area (Å²) in [6.45, 7) is 2.18. The van der Waals surface area contributed by atoms with Gasteiger partial charge in [0.25, 0.3) is 0 Å². The predicted molar refractivity (Wildman–Crippen MR) is 83.3 cm³/mol. The number of halogens is 2. The summed E-state index contributed by atoms with van der Waals surface area (Å²) in [5.74, 6) is 0.668. The lowest BCUT2D eigenvalue weighted by atomic mass is 9.94. The Bertz CT molecular complexity index is 363. The van der Waals surface area contributed by atoms with Gasteiger partial charge >= 0.3 is 0 Å². The van der Waals surface area contributed by atoms with E-state index in [1.807, 2.05) is 0 Å².